The lowest BCUT2D eigenvalue weighted by molar-refractivity contribution is -0.126. The van der Waals surface area contributed by atoms with Gasteiger partial charge in [-0.15, -0.1) is 0 Å². The molecule has 6 nitrogen and oxygen atoms in total. The van der Waals surface area contributed by atoms with Gasteiger partial charge in [0.25, 0.3) is 0 Å². The fourth-order valence-corrected chi connectivity index (χ4v) is 5.12. The number of nitrogens with one attached hydrogen (secondary N) is 1. The van der Waals surface area contributed by atoms with Crippen molar-refractivity contribution >= 4 is 12.0 Å². The number of hydrogen-bond donors (Lipinski definition) is 1. The van der Waals surface area contributed by atoms with Crippen LogP contribution in [-0.4, -0.2) is 65.7 Å². The van der Waals surface area contributed by atoms with Crippen molar-refractivity contribution in [2.24, 2.45) is 11.8 Å². The van der Waals surface area contributed by atoms with Gasteiger partial charge in [0.1, 0.15) is 5.60 Å². The first-order valence-corrected chi connectivity index (χ1v) is 11.3. The topological polar surface area (TPSA) is 61.9 Å². The van der Waals surface area contributed by atoms with Crippen LogP contribution in [0, 0.1) is 11.8 Å². The van der Waals surface area contributed by atoms with Crippen LogP contribution < -0.4 is 5.32 Å². The lowest BCUT2D eigenvalue weighted by Crippen LogP contribution is -2.56. The molecule has 1 heterocycles. The molecule has 0 spiro atoms. The summed E-state index contributed by atoms with van der Waals surface area (Å²) >= 11 is 0. The Balaban J connectivity index is 1.42. The zero-order valence-electron chi connectivity index (χ0n) is 18.2. The van der Waals surface area contributed by atoms with E-state index >= 15 is 0 Å². The van der Waals surface area contributed by atoms with Gasteiger partial charge >= 0.3 is 6.09 Å². The van der Waals surface area contributed by atoms with E-state index in [4.69, 9.17) is 4.74 Å². The molecule has 0 radical (unpaired) electrons. The van der Waals surface area contributed by atoms with Crippen LogP contribution >= 0.6 is 0 Å². The van der Waals surface area contributed by atoms with Crippen LogP contribution in [0.15, 0.2) is 0 Å². The maximum atomic E-state index is 12.4. The third kappa shape index (κ3) is 5.62. The molecule has 1 N–H and O–H groups in total. The van der Waals surface area contributed by atoms with Crippen LogP contribution in [0.5, 0.6) is 0 Å². The maximum absolute atomic E-state index is 12.4. The number of amides is 2. The predicted molar refractivity (Wildman–Crippen MR) is 110 cm³/mol. The second-order valence-corrected chi connectivity index (χ2v) is 10.0. The van der Waals surface area contributed by atoms with Gasteiger partial charge in [0, 0.05) is 44.2 Å². The Bertz CT molecular complexity index is 546. The molecule has 0 aromatic heterocycles. The monoisotopic (exact) mass is 393 g/mol. The molecule has 1 aliphatic heterocycles. The smallest absolute Gasteiger partial charge is 0.410 e. The molecule has 6 heteroatoms. The summed E-state index contributed by atoms with van der Waals surface area (Å²) in [4.78, 5) is 29.1. The van der Waals surface area contributed by atoms with Gasteiger partial charge in [0.15, 0.2) is 0 Å². The fourth-order valence-electron chi connectivity index (χ4n) is 5.12. The highest BCUT2D eigenvalue weighted by molar-refractivity contribution is 5.79. The Morgan fingerprint density at radius 2 is 1.61 bits per heavy atom. The first kappa shape index (κ1) is 21.4. The van der Waals surface area contributed by atoms with Crippen LogP contribution in [0.3, 0.4) is 0 Å². The minimum atomic E-state index is -0.440. The minimum absolute atomic E-state index is 0.196. The summed E-state index contributed by atoms with van der Waals surface area (Å²) in [7, 11) is 0. The van der Waals surface area contributed by atoms with E-state index in [-0.39, 0.29) is 12.0 Å². The Hall–Kier alpha value is -1.30. The maximum Gasteiger partial charge on any atom is 0.410 e. The van der Waals surface area contributed by atoms with E-state index in [1.165, 1.54) is 12.8 Å². The van der Waals surface area contributed by atoms with Crippen molar-refractivity contribution in [2.45, 2.75) is 90.3 Å². The van der Waals surface area contributed by atoms with Crippen LogP contribution in [0.4, 0.5) is 4.79 Å². The van der Waals surface area contributed by atoms with Crippen molar-refractivity contribution in [3.05, 3.63) is 0 Å². The van der Waals surface area contributed by atoms with Crippen molar-refractivity contribution in [1.82, 2.24) is 15.1 Å². The Morgan fingerprint density at radius 1 is 0.964 bits per heavy atom. The summed E-state index contributed by atoms with van der Waals surface area (Å²) in [5.41, 5.74) is -0.440. The van der Waals surface area contributed by atoms with Gasteiger partial charge in [0.05, 0.1) is 0 Å². The quantitative estimate of drug-likeness (QED) is 0.798. The zero-order chi connectivity index (χ0) is 20.3. The van der Waals surface area contributed by atoms with Crippen molar-refractivity contribution in [3.63, 3.8) is 0 Å². The molecule has 160 valence electrons. The number of nitrogens with zero attached hydrogens (tertiary/aromatic N) is 2. The molecule has 0 aromatic rings. The molecular weight excluding hydrogens is 354 g/mol. The van der Waals surface area contributed by atoms with Crippen molar-refractivity contribution in [2.75, 3.05) is 26.2 Å². The molecule has 0 bridgehead atoms. The molecule has 3 unspecified atom stereocenters. The van der Waals surface area contributed by atoms with Gasteiger partial charge in [-0.1, -0.05) is 19.8 Å². The van der Waals surface area contributed by atoms with E-state index < -0.39 is 5.60 Å². The van der Waals surface area contributed by atoms with Crippen molar-refractivity contribution < 1.29 is 14.3 Å². The first-order chi connectivity index (χ1) is 13.2. The summed E-state index contributed by atoms with van der Waals surface area (Å²) in [6.45, 7) is 11.3. The summed E-state index contributed by atoms with van der Waals surface area (Å²) < 4.78 is 5.50. The predicted octanol–water partition coefficient (Wildman–Crippen LogP) is 3.40. The summed E-state index contributed by atoms with van der Waals surface area (Å²) in [5.74, 6) is 1.11. The largest absolute Gasteiger partial charge is 0.444 e. The van der Waals surface area contributed by atoms with Crippen LogP contribution in [0.2, 0.25) is 0 Å². The number of rotatable bonds is 3. The van der Waals surface area contributed by atoms with Crippen molar-refractivity contribution in [3.8, 4) is 0 Å². The average molecular weight is 394 g/mol. The number of carbonyl (C=O) groups is 2. The Kier molecular flexibility index (Phi) is 6.89. The van der Waals surface area contributed by atoms with E-state index in [0.29, 0.717) is 23.9 Å². The Morgan fingerprint density at radius 3 is 2.18 bits per heavy atom. The molecule has 3 rings (SSSR count). The first-order valence-electron chi connectivity index (χ1n) is 11.3. The summed E-state index contributed by atoms with van der Waals surface area (Å²) in [6.07, 6.45) is 7.61. The molecule has 2 saturated carbocycles. The molecule has 2 amide bonds. The number of carbonyl (C=O) groups excluding carboxylic acids is 2. The molecular formula is C22H39N3O3. The van der Waals surface area contributed by atoms with Crippen LogP contribution in [-0.2, 0) is 9.53 Å². The second-order valence-electron chi connectivity index (χ2n) is 10.0. The Labute approximate surface area is 170 Å². The number of ether oxygens (including phenoxy) is 1. The summed E-state index contributed by atoms with van der Waals surface area (Å²) in [6, 6.07) is 0.892. The molecule has 3 atom stereocenters. The third-order valence-corrected chi connectivity index (χ3v) is 6.63. The van der Waals surface area contributed by atoms with Gasteiger partial charge in [-0.2, -0.15) is 0 Å². The fraction of sp³-hybridized carbons (Fsp3) is 0.909. The van der Waals surface area contributed by atoms with E-state index in [1.807, 2.05) is 25.7 Å². The lowest BCUT2D eigenvalue weighted by Gasteiger charge is -2.45. The molecule has 0 aromatic carbocycles. The van der Waals surface area contributed by atoms with Gasteiger partial charge in [0.2, 0.25) is 5.91 Å². The van der Waals surface area contributed by atoms with Gasteiger partial charge in [-0.3, -0.25) is 9.69 Å². The van der Waals surface area contributed by atoms with Gasteiger partial charge in [-0.25, -0.2) is 4.79 Å². The zero-order valence-corrected chi connectivity index (χ0v) is 18.2. The normalized spacial score (nSPS) is 30.3. The highest BCUT2D eigenvalue weighted by Crippen LogP contribution is 2.31. The van der Waals surface area contributed by atoms with E-state index in [0.717, 1.165) is 58.3 Å². The molecule has 2 aliphatic carbocycles. The SMILES string of the molecule is CC1CC(NC(=O)C2CCCC2)CCC1N1CCN(C(=O)OC(C)(C)C)CC1. The minimum Gasteiger partial charge on any atom is -0.444 e. The van der Waals surface area contributed by atoms with Crippen molar-refractivity contribution in [1.29, 1.82) is 0 Å². The highest BCUT2D eigenvalue weighted by Gasteiger charge is 2.35. The lowest BCUT2D eigenvalue weighted by atomic mass is 9.81. The van der Waals surface area contributed by atoms with E-state index in [1.54, 1.807) is 0 Å². The number of piperazine rings is 1. The van der Waals surface area contributed by atoms with Crippen LogP contribution in [0.25, 0.3) is 0 Å². The van der Waals surface area contributed by atoms with E-state index in [9.17, 15) is 9.59 Å². The second kappa shape index (κ2) is 9.02. The van der Waals surface area contributed by atoms with E-state index in [2.05, 4.69) is 17.1 Å². The molecule has 3 fully saturated rings. The molecule has 28 heavy (non-hydrogen) atoms. The molecule has 3 aliphatic rings. The third-order valence-electron chi connectivity index (χ3n) is 6.63. The van der Waals surface area contributed by atoms with Gasteiger partial charge < -0.3 is 15.0 Å². The highest BCUT2D eigenvalue weighted by atomic mass is 16.6. The van der Waals surface area contributed by atoms with Crippen LogP contribution in [0.1, 0.15) is 72.6 Å². The average Bonchev–Trinajstić information content (AvgIpc) is 3.15. The standard InChI is InChI=1S/C22H39N3O3/c1-16-15-18(23-20(26)17-7-5-6-8-17)9-10-19(16)24-11-13-25(14-12-24)21(27)28-22(2,3)4/h16-19H,5-15H2,1-4H3,(H,23,26). The van der Waals surface area contributed by atoms with Gasteiger partial charge in [-0.05, 0) is 58.8 Å². The number of hydrogen-bond acceptors (Lipinski definition) is 4. The summed E-state index contributed by atoms with van der Waals surface area (Å²) in [5, 5.41) is 3.33. The molecule has 1 saturated heterocycles.